The highest BCUT2D eigenvalue weighted by Crippen LogP contribution is 2.35. The molecule has 0 N–H and O–H groups in total. The lowest BCUT2D eigenvalue weighted by molar-refractivity contribution is -0.122. The summed E-state index contributed by atoms with van der Waals surface area (Å²) in [5.74, 6) is 1.01. The highest BCUT2D eigenvalue weighted by Gasteiger charge is 2.34. The Kier molecular flexibility index (Phi) is 6.99. The van der Waals surface area contributed by atoms with Gasteiger partial charge in [0, 0.05) is 6.54 Å². The molecule has 29 heavy (non-hydrogen) atoms. The number of carbonyl (C=O) groups excluding carboxylic acids is 2. The molecule has 0 bridgehead atoms. The zero-order chi connectivity index (χ0) is 20.8. The van der Waals surface area contributed by atoms with E-state index in [1.165, 1.54) is 4.90 Å². The van der Waals surface area contributed by atoms with Gasteiger partial charge in [0.15, 0.2) is 11.5 Å². The molecule has 1 aliphatic rings. The number of imide groups is 1. The summed E-state index contributed by atoms with van der Waals surface area (Å²) in [5, 5.41) is -0.235. The summed E-state index contributed by atoms with van der Waals surface area (Å²) < 4.78 is 11.3. The number of methoxy groups -OCH3 is 1. The maximum atomic E-state index is 12.7. The van der Waals surface area contributed by atoms with Crippen LogP contribution in [0.15, 0.2) is 53.4 Å². The van der Waals surface area contributed by atoms with Gasteiger partial charge in [0.05, 0.1) is 18.1 Å². The Morgan fingerprint density at radius 2 is 1.86 bits per heavy atom. The standard InChI is InChI=1S/C23H25NO4S/c1-4-16(2)28-19-11-10-18(14-20(19)27-3)15-21-22(25)24(23(26)29-21)13-12-17-8-6-5-7-9-17/h5-11,14-16H,4,12-13H2,1-3H3/b21-15-/t16-/m0/s1. The molecule has 1 aliphatic heterocycles. The molecule has 152 valence electrons. The number of amides is 2. The van der Waals surface area contributed by atoms with Crippen molar-refractivity contribution >= 4 is 29.0 Å². The molecule has 0 unspecified atom stereocenters. The number of rotatable bonds is 8. The molecule has 5 nitrogen and oxygen atoms in total. The normalized spacial score (nSPS) is 16.4. The van der Waals surface area contributed by atoms with E-state index in [1.54, 1.807) is 13.2 Å². The predicted molar refractivity (Wildman–Crippen MR) is 116 cm³/mol. The molecule has 0 saturated carbocycles. The number of thioether (sulfide) groups is 1. The maximum absolute atomic E-state index is 12.7. The molecule has 2 amide bonds. The third-order valence-electron chi connectivity index (χ3n) is 4.73. The fraction of sp³-hybridized carbons (Fsp3) is 0.304. The minimum atomic E-state index is -0.255. The van der Waals surface area contributed by atoms with Crippen LogP contribution in [-0.4, -0.2) is 35.8 Å². The van der Waals surface area contributed by atoms with E-state index in [0.717, 1.165) is 29.3 Å². The van der Waals surface area contributed by atoms with E-state index in [-0.39, 0.29) is 17.3 Å². The Morgan fingerprint density at radius 1 is 1.10 bits per heavy atom. The van der Waals surface area contributed by atoms with Crippen molar-refractivity contribution < 1.29 is 19.1 Å². The highest BCUT2D eigenvalue weighted by molar-refractivity contribution is 8.18. The molecule has 1 fully saturated rings. The monoisotopic (exact) mass is 411 g/mol. The number of ether oxygens (including phenoxy) is 2. The van der Waals surface area contributed by atoms with Gasteiger partial charge in [-0.2, -0.15) is 0 Å². The number of benzene rings is 2. The molecule has 1 heterocycles. The fourth-order valence-corrected chi connectivity index (χ4v) is 3.77. The van der Waals surface area contributed by atoms with Crippen molar-refractivity contribution in [3.05, 3.63) is 64.6 Å². The van der Waals surface area contributed by atoms with Gasteiger partial charge in [0.1, 0.15) is 0 Å². The SMILES string of the molecule is CC[C@H](C)Oc1ccc(/C=C2\SC(=O)N(CCc3ccccc3)C2=O)cc1OC. The third kappa shape index (κ3) is 5.21. The Labute approximate surface area is 175 Å². The first-order valence-electron chi connectivity index (χ1n) is 9.65. The first-order valence-corrected chi connectivity index (χ1v) is 10.5. The smallest absolute Gasteiger partial charge is 0.293 e. The summed E-state index contributed by atoms with van der Waals surface area (Å²) in [6.07, 6.45) is 3.34. The summed E-state index contributed by atoms with van der Waals surface area (Å²) in [4.78, 5) is 26.8. The van der Waals surface area contributed by atoms with E-state index in [1.807, 2.05) is 55.5 Å². The predicted octanol–water partition coefficient (Wildman–Crippen LogP) is 5.15. The van der Waals surface area contributed by atoms with Gasteiger partial charge in [0.25, 0.3) is 11.1 Å². The Hall–Kier alpha value is -2.73. The molecule has 0 aliphatic carbocycles. The molecular weight excluding hydrogens is 386 g/mol. The van der Waals surface area contributed by atoms with Crippen LogP contribution in [0.3, 0.4) is 0 Å². The van der Waals surface area contributed by atoms with E-state index >= 15 is 0 Å². The summed E-state index contributed by atoms with van der Waals surface area (Å²) in [5.41, 5.74) is 1.88. The average molecular weight is 412 g/mol. The molecule has 1 saturated heterocycles. The van der Waals surface area contributed by atoms with Crippen LogP contribution < -0.4 is 9.47 Å². The van der Waals surface area contributed by atoms with Crippen LogP contribution in [0.25, 0.3) is 6.08 Å². The quantitative estimate of drug-likeness (QED) is 0.562. The van der Waals surface area contributed by atoms with Crippen LogP contribution in [0.5, 0.6) is 11.5 Å². The summed E-state index contributed by atoms with van der Waals surface area (Å²) in [6, 6.07) is 15.3. The minimum Gasteiger partial charge on any atom is -0.493 e. The van der Waals surface area contributed by atoms with Gasteiger partial charge in [-0.25, -0.2) is 0 Å². The van der Waals surface area contributed by atoms with Gasteiger partial charge in [-0.1, -0.05) is 43.3 Å². The second-order valence-corrected chi connectivity index (χ2v) is 7.81. The molecule has 2 aromatic rings. The van der Waals surface area contributed by atoms with Gasteiger partial charge < -0.3 is 9.47 Å². The second-order valence-electron chi connectivity index (χ2n) is 6.82. The molecule has 6 heteroatoms. The Balaban J connectivity index is 1.73. The second kappa shape index (κ2) is 9.65. The first-order chi connectivity index (χ1) is 14.0. The van der Waals surface area contributed by atoms with Gasteiger partial charge >= 0.3 is 0 Å². The van der Waals surface area contributed by atoms with Crippen LogP contribution in [0, 0.1) is 0 Å². The van der Waals surface area contributed by atoms with E-state index in [0.29, 0.717) is 29.4 Å². The van der Waals surface area contributed by atoms with Crippen LogP contribution in [0.1, 0.15) is 31.4 Å². The molecule has 0 spiro atoms. The lowest BCUT2D eigenvalue weighted by Crippen LogP contribution is -2.30. The third-order valence-corrected chi connectivity index (χ3v) is 5.64. The molecule has 0 aromatic heterocycles. The van der Waals surface area contributed by atoms with Gasteiger partial charge in [-0.15, -0.1) is 0 Å². The Bertz CT molecular complexity index is 910. The zero-order valence-corrected chi connectivity index (χ0v) is 17.7. The number of hydrogen-bond acceptors (Lipinski definition) is 5. The fourth-order valence-electron chi connectivity index (χ4n) is 2.90. The van der Waals surface area contributed by atoms with Crippen molar-refractivity contribution in [3.8, 4) is 11.5 Å². The molecule has 2 aromatic carbocycles. The maximum Gasteiger partial charge on any atom is 0.293 e. The lowest BCUT2D eigenvalue weighted by Gasteiger charge is -2.15. The molecule has 1 atom stereocenters. The van der Waals surface area contributed by atoms with Crippen LogP contribution in [0.2, 0.25) is 0 Å². The van der Waals surface area contributed by atoms with Crippen LogP contribution in [0.4, 0.5) is 4.79 Å². The number of nitrogens with zero attached hydrogens (tertiary/aromatic N) is 1. The minimum absolute atomic E-state index is 0.0795. The first kappa shape index (κ1) is 21.0. The number of carbonyl (C=O) groups is 2. The van der Waals surface area contributed by atoms with Crippen LogP contribution in [-0.2, 0) is 11.2 Å². The number of hydrogen-bond donors (Lipinski definition) is 0. The zero-order valence-electron chi connectivity index (χ0n) is 16.9. The molecule has 0 radical (unpaired) electrons. The summed E-state index contributed by atoms with van der Waals surface area (Å²) in [6.45, 7) is 4.43. The highest BCUT2D eigenvalue weighted by atomic mass is 32.2. The van der Waals surface area contributed by atoms with Gasteiger partial charge in [0.2, 0.25) is 0 Å². The van der Waals surface area contributed by atoms with Crippen molar-refractivity contribution in [2.24, 2.45) is 0 Å². The molecular formula is C23H25NO4S. The van der Waals surface area contributed by atoms with E-state index in [4.69, 9.17) is 9.47 Å². The van der Waals surface area contributed by atoms with E-state index in [9.17, 15) is 9.59 Å². The lowest BCUT2D eigenvalue weighted by atomic mass is 10.1. The van der Waals surface area contributed by atoms with Crippen LogP contribution >= 0.6 is 11.8 Å². The van der Waals surface area contributed by atoms with Crippen molar-refractivity contribution in [1.82, 2.24) is 4.90 Å². The van der Waals surface area contributed by atoms with Gasteiger partial charge in [-0.05, 0) is 60.9 Å². The van der Waals surface area contributed by atoms with E-state index in [2.05, 4.69) is 6.92 Å². The average Bonchev–Trinajstić information content (AvgIpc) is 3.00. The largest absolute Gasteiger partial charge is 0.493 e. The van der Waals surface area contributed by atoms with Crippen molar-refractivity contribution in [2.75, 3.05) is 13.7 Å². The summed E-state index contributed by atoms with van der Waals surface area (Å²) >= 11 is 0.970. The topological polar surface area (TPSA) is 55.8 Å². The van der Waals surface area contributed by atoms with Crippen molar-refractivity contribution in [1.29, 1.82) is 0 Å². The Morgan fingerprint density at radius 3 is 2.55 bits per heavy atom. The van der Waals surface area contributed by atoms with Gasteiger partial charge in [-0.3, -0.25) is 14.5 Å². The van der Waals surface area contributed by atoms with Crippen molar-refractivity contribution in [2.45, 2.75) is 32.8 Å². The summed E-state index contributed by atoms with van der Waals surface area (Å²) in [7, 11) is 1.58. The van der Waals surface area contributed by atoms with Crippen molar-refractivity contribution in [3.63, 3.8) is 0 Å². The molecule has 3 rings (SSSR count). The van der Waals surface area contributed by atoms with E-state index < -0.39 is 0 Å².